The monoisotopic (exact) mass is 332 g/mol. The van der Waals surface area contributed by atoms with Gasteiger partial charge in [-0.2, -0.15) is 0 Å². The first kappa shape index (κ1) is 16.8. The predicted octanol–water partition coefficient (Wildman–Crippen LogP) is 4.47. The van der Waals surface area contributed by atoms with Crippen molar-refractivity contribution in [1.29, 1.82) is 0 Å². The highest BCUT2D eigenvalue weighted by molar-refractivity contribution is 6.31. The summed E-state index contributed by atoms with van der Waals surface area (Å²) in [4.78, 5) is 23.8. The average Bonchev–Trinajstić information content (AvgIpc) is 2.52. The molecule has 2 amide bonds. The van der Waals surface area contributed by atoms with Crippen molar-refractivity contribution in [1.82, 2.24) is 0 Å². The van der Waals surface area contributed by atoms with Crippen LogP contribution in [0.1, 0.15) is 22.8 Å². The molecule has 0 atom stereocenters. The second-order valence-corrected chi connectivity index (χ2v) is 5.20. The molecule has 0 aromatic heterocycles. The van der Waals surface area contributed by atoms with Gasteiger partial charge in [0.15, 0.2) is 0 Å². The second kappa shape index (κ2) is 7.65. The Morgan fingerprint density at radius 2 is 1.87 bits per heavy atom. The SMILES string of the molecule is CCOC(=O)Nc1cccc(C(=O)Nc2cccc(Cl)c2C)c1. The molecule has 0 saturated heterocycles. The van der Waals surface area contributed by atoms with Crippen molar-refractivity contribution in [2.75, 3.05) is 17.2 Å². The Morgan fingerprint density at radius 3 is 2.61 bits per heavy atom. The summed E-state index contributed by atoms with van der Waals surface area (Å²) < 4.78 is 4.81. The lowest BCUT2D eigenvalue weighted by Gasteiger charge is -2.10. The second-order valence-electron chi connectivity index (χ2n) is 4.79. The summed E-state index contributed by atoms with van der Waals surface area (Å²) in [6.45, 7) is 3.83. The fraction of sp³-hybridized carbons (Fsp3) is 0.176. The molecule has 2 N–H and O–H groups in total. The van der Waals surface area contributed by atoms with E-state index < -0.39 is 6.09 Å². The lowest BCUT2D eigenvalue weighted by Crippen LogP contribution is -2.15. The Hall–Kier alpha value is -2.53. The first-order valence-electron chi connectivity index (χ1n) is 7.11. The lowest BCUT2D eigenvalue weighted by molar-refractivity contribution is 0.102. The Bertz CT molecular complexity index is 732. The van der Waals surface area contributed by atoms with E-state index in [4.69, 9.17) is 16.3 Å². The molecule has 2 aromatic rings. The van der Waals surface area contributed by atoms with Crippen LogP contribution in [0.2, 0.25) is 5.02 Å². The minimum Gasteiger partial charge on any atom is -0.450 e. The van der Waals surface area contributed by atoms with E-state index in [1.54, 1.807) is 49.4 Å². The molecule has 0 fully saturated rings. The van der Waals surface area contributed by atoms with Gasteiger partial charge in [-0.15, -0.1) is 0 Å². The van der Waals surface area contributed by atoms with E-state index in [2.05, 4.69) is 10.6 Å². The van der Waals surface area contributed by atoms with Crippen LogP contribution in [0, 0.1) is 6.92 Å². The number of carbonyl (C=O) groups is 2. The summed E-state index contributed by atoms with van der Waals surface area (Å²) in [6, 6.07) is 11.9. The Morgan fingerprint density at radius 1 is 1.13 bits per heavy atom. The molecule has 0 aliphatic carbocycles. The summed E-state index contributed by atoms with van der Waals surface area (Å²) in [5.41, 5.74) is 2.34. The number of hydrogen-bond donors (Lipinski definition) is 2. The molecule has 0 aliphatic rings. The van der Waals surface area contributed by atoms with Gasteiger partial charge in [-0.25, -0.2) is 4.79 Å². The van der Waals surface area contributed by atoms with Crippen LogP contribution in [-0.4, -0.2) is 18.6 Å². The predicted molar refractivity (Wildman–Crippen MR) is 91.2 cm³/mol. The molecule has 0 saturated carbocycles. The largest absolute Gasteiger partial charge is 0.450 e. The highest BCUT2D eigenvalue weighted by Crippen LogP contribution is 2.23. The van der Waals surface area contributed by atoms with Crippen molar-refractivity contribution < 1.29 is 14.3 Å². The minimum absolute atomic E-state index is 0.278. The number of nitrogens with one attached hydrogen (secondary N) is 2. The van der Waals surface area contributed by atoms with E-state index in [0.29, 0.717) is 22.0 Å². The van der Waals surface area contributed by atoms with E-state index in [9.17, 15) is 9.59 Å². The number of benzene rings is 2. The first-order chi connectivity index (χ1) is 11.0. The summed E-state index contributed by atoms with van der Waals surface area (Å²) in [6.07, 6.45) is -0.559. The fourth-order valence-electron chi connectivity index (χ4n) is 1.96. The number of ether oxygens (including phenoxy) is 1. The van der Waals surface area contributed by atoms with Crippen LogP contribution in [-0.2, 0) is 4.74 Å². The maximum Gasteiger partial charge on any atom is 0.411 e. The topological polar surface area (TPSA) is 67.4 Å². The van der Waals surface area contributed by atoms with Crippen molar-refractivity contribution in [2.45, 2.75) is 13.8 Å². The van der Waals surface area contributed by atoms with Gasteiger partial charge in [-0.3, -0.25) is 10.1 Å². The Balaban J connectivity index is 2.13. The molecule has 23 heavy (non-hydrogen) atoms. The summed E-state index contributed by atoms with van der Waals surface area (Å²) in [7, 11) is 0. The van der Waals surface area contributed by atoms with E-state index in [1.807, 2.05) is 6.92 Å². The van der Waals surface area contributed by atoms with Gasteiger partial charge in [-0.1, -0.05) is 23.7 Å². The standard InChI is InChI=1S/C17H17ClN2O3/c1-3-23-17(22)19-13-7-4-6-12(10-13)16(21)20-15-9-5-8-14(18)11(15)2/h4-10H,3H2,1-2H3,(H,19,22)(H,20,21). The van der Waals surface area contributed by atoms with Crippen LogP contribution in [0.4, 0.5) is 16.2 Å². The third-order valence-electron chi connectivity index (χ3n) is 3.16. The van der Waals surface area contributed by atoms with Crippen LogP contribution in [0.15, 0.2) is 42.5 Å². The van der Waals surface area contributed by atoms with Crippen LogP contribution < -0.4 is 10.6 Å². The zero-order valence-corrected chi connectivity index (χ0v) is 13.6. The summed E-state index contributed by atoms with van der Waals surface area (Å²) in [5, 5.41) is 5.95. The number of anilines is 2. The van der Waals surface area contributed by atoms with Crippen molar-refractivity contribution in [3.8, 4) is 0 Å². The molecule has 0 heterocycles. The van der Waals surface area contributed by atoms with Gasteiger partial charge in [0.05, 0.1) is 6.61 Å². The molecular formula is C17H17ClN2O3. The van der Waals surface area contributed by atoms with Crippen LogP contribution in [0.3, 0.4) is 0 Å². The highest BCUT2D eigenvalue weighted by atomic mass is 35.5. The smallest absolute Gasteiger partial charge is 0.411 e. The van der Waals surface area contributed by atoms with E-state index in [1.165, 1.54) is 0 Å². The van der Waals surface area contributed by atoms with Gasteiger partial charge in [-0.05, 0) is 49.7 Å². The summed E-state index contributed by atoms with van der Waals surface area (Å²) >= 11 is 6.04. The van der Waals surface area contributed by atoms with Gasteiger partial charge in [0.2, 0.25) is 0 Å². The van der Waals surface area contributed by atoms with Crippen molar-refractivity contribution in [3.63, 3.8) is 0 Å². The first-order valence-corrected chi connectivity index (χ1v) is 7.49. The average molecular weight is 333 g/mol. The lowest BCUT2D eigenvalue weighted by atomic mass is 10.1. The van der Waals surface area contributed by atoms with Crippen LogP contribution in [0.5, 0.6) is 0 Å². The van der Waals surface area contributed by atoms with Crippen molar-refractivity contribution >= 4 is 35.0 Å². The van der Waals surface area contributed by atoms with Gasteiger partial charge in [0, 0.05) is 22.0 Å². The zero-order valence-electron chi connectivity index (χ0n) is 12.9. The number of halogens is 1. The molecule has 6 heteroatoms. The third-order valence-corrected chi connectivity index (χ3v) is 3.57. The molecule has 0 aliphatic heterocycles. The number of amides is 2. The molecule has 0 spiro atoms. The number of hydrogen-bond acceptors (Lipinski definition) is 3. The van der Waals surface area contributed by atoms with E-state index in [0.717, 1.165) is 5.56 Å². The van der Waals surface area contributed by atoms with Gasteiger partial charge < -0.3 is 10.1 Å². The maximum atomic E-state index is 12.3. The Kier molecular flexibility index (Phi) is 5.60. The number of carbonyl (C=O) groups excluding carboxylic acids is 2. The molecule has 0 radical (unpaired) electrons. The van der Waals surface area contributed by atoms with Crippen LogP contribution in [0.25, 0.3) is 0 Å². The zero-order chi connectivity index (χ0) is 16.8. The molecule has 120 valence electrons. The summed E-state index contributed by atoms with van der Waals surface area (Å²) in [5.74, 6) is -0.289. The molecule has 0 bridgehead atoms. The van der Waals surface area contributed by atoms with E-state index >= 15 is 0 Å². The van der Waals surface area contributed by atoms with Crippen LogP contribution >= 0.6 is 11.6 Å². The minimum atomic E-state index is -0.559. The number of rotatable bonds is 4. The Labute approximate surface area is 139 Å². The van der Waals surface area contributed by atoms with Crippen molar-refractivity contribution in [2.24, 2.45) is 0 Å². The molecule has 5 nitrogen and oxygen atoms in total. The van der Waals surface area contributed by atoms with E-state index in [-0.39, 0.29) is 12.5 Å². The quantitative estimate of drug-likeness (QED) is 0.868. The molecule has 2 aromatic carbocycles. The van der Waals surface area contributed by atoms with Crippen molar-refractivity contribution in [3.05, 3.63) is 58.6 Å². The molecule has 2 rings (SSSR count). The maximum absolute atomic E-state index is 12.3. The normalized spacial score (nSPS) is 10.0. The molecular weight excluding hydrogens is 316 g/mol. The third kappa shape index (κ3) is 4.47. The van der Waals surface area contributed by atoms with Gasteiger partial charge in [0.1, 0.15) is 0 Å². The van der Waals surface area contributed by atoms with Gasteiger partial charge >= 0.3 is 6.09 Å². The van der Waals surface area contributed by atoms with Gasteiger partial charge in [0.25, 0.3) is 5.91 Å². The molecule has 0 unspecified atom stereocenters. The highest BCUT2D eigenvalue weighted by Gasteiger charge is 2.10. The fourth-order valence-corrected chi connectivity index (χ4v) is 2.14.